The molecule has 3 heterocycles. The molecule has 1 N–H and O–H groups in total. The van der Waals surface area contributed by atoms with Crippen LogP contribution < -0.4 is 5.56 Å². The Balaban J connectivity index is 1.67. The number of tetrazole rings is 1. The summed E-state index contributed by atoms with van der Waals surface area (Å²) in [6.45, 7) is 12.4. The number of likely N-dealkylation sites (tertiary alicyclic amines) is 1. The maximum atomic E-state index is 13.6. The van der Waals surface area contributed by atoms with Crippen LogP contribution in [0.3, 0.4) is 0 Å². The zero-order valence-corrected chi connectivity index (χ0v) is 21.3. The molecule has 2 aliphatic rings. The van der Waals surface area contributed by atoms with E-state index in [0.717, 1.165) is 47.4 Å². The molecule has 0 unspecified atom stereocenters. The zero-order valence-electron chi connectivity index (χ0n) is 21.3. The van der Waals surface area contributed by atoms with Gasteiger partial charge in [-0.05, 0) is 106 Å². The highest BCUT2D eigenvalue weighted by atomic mass is 16.1. The largest absolute Gasteiger partial charge is 0.321 e. The van der Waals surface area contributed by atoms with Gasteiger partial charge in [0.15, 0.2) is 5.82 Å². The van der Waals surface area contributed by atoms with Crippen LogP contribution >= 0.6 is 0 Å². The molecule has 2 aromatic heterocycles. The van der Waals surface area contributed by atoms with Crippen LogP contribution in [0.1, 0.15) is 94.3 Å². The van der Waals surface area contributed by atoms with Crippen molar-refractivity contribution in [2.24, 2.45) is 5.41 Å². The molecule has 5 rings (SSSR count). The first kappa shape index (κ1) is 23.2. The Labute approximate surface area is 201 Å². The fraction of sp³-hybridized carbons (Fsp3) is 0.630. The average molecular weight is 463 g/mol. The average Bonchev–Trinajstić information content (AvgIpc) is 3.26. The van der Waals surface area contributed by atoms with Gasteiger partial charge in [0, 0.05) is 12.1 Å². The molecule has 1 aliphatic carbocycles. The summed E-state index contributed by atoms with van der Waals surface area (Å²) >= 11 is 0. The lowest BCUT2D eigenvalue weighted by Crippen LogP contribution is -2.48. The summed E-state index contributed by atoms with van der Waals surface area (Å²) in [5.74, 6) is 0.759. The first-order chi connectivity index (χ1) is 16.2. The second-order valence-electron chi connectivity index (χ2n) is 11.8. The highest BCUT2D eigenvalue weighted by Crippen LogP contribution is 2.45. The van der Waals surface area contributed by atoms with Gasteiger partial charge in [0.2, 0.25) is 0 Å². The number of benzene rings is 1. The van der Waals surface area contributed by atoms with Crippen LogP contribution in [0.5, 0.6) is 0 Å². The number of aryl methyl sites for hydroxylation is 2. The number of piperidine rings is 1. The molecular formula is C27H38N6O. The van der Waals surface area contributed by atoms with E-state index in [0.29, 0.717) is 5.41 Å². The van der Waals surface area contributed by atoms with Crippen molar-refractivity contribution in [3.8, 4) is 0 Å². The number of hydrogen-bond donors (Lipinski definition) is 1. The Bertz CT molecular complexity index is 1240. The van der Waals surface area contributed by atoms with Crippen LogP contribution in [0.2, 0.25) is 0 Å². The number of pyridine rings is 1. The zero-order chi connectivity index (χ0) is 24.1. The minimum atomic E-state index is -0.286. The summed E-state index contributed by atoms with van der Waals surface area (Å²) in [4.78, 5) is 19.3. The Morgan fingerprint density at radius 2 is 1.76 bits per heavy atom. The van der Waals surface area contributed by atoms with Crippen LogP contribution in [0.4, 0.5) is 0 Å². The van der Waals surface area contributed by atoms with Crippen molar-refractivity contribution in [2.75, 3.05) is 13.1 Å². The van der Waals surface area contributed by atoms with Gasteiger partial charge in [-0.2, -0.15) is 0 Å². The van der Waals surface area contributed by atoms with Gasteiger partial charge >= 0.3 is 0 Å². The monoisotopic (exact) mass is 462 g/mol. The van der Waals surface area contributed by atoms with Gasteiger partial charge in [-0.25, -0.2) is 4.68 Å². The molecule has 1 aromatic carbocycles. The van der Waals surface area contributed by atoms with Gasteiger partial charge in [0.05, 0.1) is 11.1 Å². The van der Waals surface area contributed by atoms with Gasteiger partial charge in [0.25, 0.3) is 5.56 Å². The molecule has 1 spiro atoms. The van der Waals surface area contributed by atoms with E-state index in [1.165, 1.54) is 44.1 Å². The summed E-state index contributed by atoms with van der Waals surface area (Å²) in [6.07, 6.45) is 8.97. The summed E-state index contributed by atoms with van der Waals surface area (Å²) in [5, 5.41) is 14.0. The number of rotatable bonds is 3. The lowest BCUT2D eigenvalue weighted by molar-refractivity contribution is 0.0329. The molecule has 7 heteroatoms. The second-order valence-corrected chi connectivity index (χ2v) is 11.8. The van der Waals surface area contributed by atoms with Gasteiger partial charge in [-0.15, -0.1) is 5.10 Å². The predicted molar refractivity (Wildman–Crippen MR) is 135 cm³/mol. The maximum absolute atomic E-state index is 13.6. The van der Waals surface area contributed by atoms with Gasteiger partial charge in [-0.1, -0.05) is 30.9 Å². The lowest BCUT2D eigenvalue weighted by Gasteiger charge is -2.47. The molecular weight excluding hydrogens is 424 g/mol. The minimum Gasteiger partial charge on any atom is -0.321 e. The summed E-state index contributed by atoms with van der Waals surface area (Å²) in [5.41, 5.74) is 3.96. The fourth-order valence-electron chi connectivity index (χ4n) is 6.42. The maximum Gasteiger partial charge on any atom is 0.253 e. The normalized spacial score (nSPS) is 20.1. The van der Waals surface area contributed by atoms with E-state index in [2.05, 4.69) is 78.2 Å². The van der Waals surface area contributed by atoms with Crippen molar-refractivity contribution in [1.82, 2.24) is 30.1 Å². The predicted octanol–water partition coefficient (Wildman–Crippen LogP) is 5.02. The van der Waals surface area contributed by atoms with E-state index >= 15 is 0 Å². The molecule has 2 fully saturated rings. The Morgan fingerprint density at radius 1 is 1.03 bits per heavy atom. The number of aromatic amines is 1. The van der Waals surface area contributed by atoms with E-state index < -0.39 is 0 Å². The molecule has 1 atom stereocenters. The van der Waals surface area contributed by atoms with E-state index in [1.807, 2.05) is 4.68 Å². The van der Waals surface area contributed by atoms with Crippen molar-refractivity contribution in [1.29, 1.82) is 0 Å². The summed E-state index contributed by atoms with van der Waals surface area (Å²) in [7, 11) is 0. The summed E-state index contributed by atoms with van der Waals surface area (Å²) < 4.78 is 1.91. The molecule has 1 aliphatic heterocycles. The number of fused-ring (bicyclic) bond motifs is 1. The standard InChI is InChI=1S/C27H38N6O/c1-18-14-19(2)22-20(15-18)16-21(25(34)28-22)23(24-29-30-31-33(24)26(3,4)5)32-13-9-12-27(17-32)10-7-6-8-11-27/h14-16,23H,6-13,17H2,1-5H3,(H,28,34)/t23-/m1/s1. The molecule has 1 saturated heterocycles. The lowest BCUT2D eigenvalue weighted by atomic mass is 9.69. The third kappa shape index (κ3) is 4.19. The van der Waals surface area contributed by atoms with Crippen molar-refractivity contribution in [3.63, 3.8) is 0 Å². The Kier molecular flexibility index (Phi) is 5.87. The fourth-order valence-corrected chi connectivity index (χ4v) is 6.42. The summed E-state index contributed by atoms with van der Waals surface area (Å²) in [6, 6.07) is 6.09. The minimum absolute atomic E-state index is 0.0452. The molecule has 1 saturated carbocycles. The SMILES string of the molecule is Cc1cc(C)c2[nH]c(=O)c([C@H](c3nnnn3C(C)(C)C)N3CCCC4(CCCCC4)C3)cc2c1. The van der Waals surface area contributed by atoms with E-state index in [-0.39, 0.29) is 17.1 Å². The van der Waals surface area contributed by atoms with Gasteiger partial charge < -0.3 is 4.98 Å². The number of nitrogens with zero attached hydrogens (tertiary/aromatic N) is 5. The van der Waals surface area contributed by atoms with Crippen molar-refractivity contribution in [2.45, 2.75) is 91.1 Å². The first-order valence-electron chi connectivity index (χ1n) is 12.8. The number of nitrogens with one attached hydrogen (secondary N) is 1. The molecule has 0 amide bonds. The molecule has 182 valence electrons. The number of hydrogen-bond acceptors (Lipinski definition) is 5. The van der Waals surface area contributed by atoms with Gasteiger partial charge in [0.1, 0.15) is 6.04 Å². The Hall–Kier alpha value is -2.54. The van der Waals surface area contributed by atoms with Crippen molar-refractivity contribution < 1.29 is 0 Å². The topological polar surface area (TPSA) is 79.7 Å². The molecule has 0 radical (unpaired) electrons. The highest BCUT2D eigenvalue weighted by molar-refractivity contribution is 5.83. The van der Waals surface area contributed by atoms with E-state index in [9.17, 15) is 4.79 Å². The van der Waals surface area contributed by atoms with Crippen LogP contribution in [-0.2, 0) is 5.54 Å². The number of aromatic nitrogens is 5. The molecule has 3 aromatic rings. The third-order valence-corrected chi connectivity index (χ3v) is 7.96. The Morgan fingerprint density at radius 3 is 2.50 bits per heavy atom. The van der Waals surface area contributed by atoms with Crippen LogP contribution in [0.15, 0.2) is 23.0 Å². The quantitative estimate of drug-likeness (QED) is 0.591. The number of H-pyrrole nitrogens is 1. The molecule has 7 nitrogen and oxygen atoms in total. The van der Waals surface area contributed by atoms with Crippen molar-refractivity contribution >= 4 is 10.9 Å². The third-order valence-electron chi connectivity index (χ3n) is 7.96. The molecule has 0 bridgehead atoms. The van der Waals surface area contributed by atoms with E-state index in [1.54, 1.807) is 0 Å². The van der Waals surface area contributed by atoms with Crippen LogP contribution in [-0.4, -0.2) is 43.2 Å². The first-order valence-corrected chi connectivity index (χ1v) is 12.8. The van der Waals surface area contributed by atoms with Crippen molar-refractivity contribution in [3.05, 3.63) is 51.1 Å². The van der Waals surface area contributed by atoms with Gasteiger partial charge in [-0.3, -0.25) is 9.69 Å². The van der Waals surface area contributed by atoms with Crippen LogP contribution in [0, 0.1) is 19.3 Å². The smallest absolute Gasteiger partial charge is 0.253 e. The molecule has 34 heavy (non-hydrogen) atoms. The second kappa shape index (κ2) is 8.59. The van der Waals surface area contributed by atoms with E-state index in [4.69, 9.17) is 0 Å². The van der Waals surface area contributed by atoms with Crippen LogP contribution in [0.25, 0.3) is 10.9 Å². The highest BCUT2D eigenvalue weighted by Gasteiger charge is 2.41.